The Morgan fingerprint density at radius 3 is 2.24 bits per heavy atom. The summed E-state index contributed by atoms with van der Waals surface area (Å²) < 4.78 is 0. The van der Waals surface area contributed by atoms with E-state index in [1.165, 1.54) is 5.57 Å². The molecule has 0 radical (unpaired) electrons. The maximum Gasteiger partial charge on any atom is 0.0691 e. The molecule has 2 atom stereocenters. The Morgan fingerprint density at radius 1 is 1.24 bits per heavy atom. The lowest BCUT2D eigenvalue weighted by atomic mass is 9.78. The van der Waals surface area contributed by atoms with Crippen LogP contribution in [0.3, 0.4) is 0 Å². The Labute approximate surface area is 108 Å². The second-order valence-corrected chi connectivity index (χ2v) is 12.2. The molecule has 17 heavy (non-hydrogen) atoms. The third-order valence-corrected chi connectivity index (χ3v) is 4.20. The Morgan fingerprint density at radius 2 is 1.82 bits per heavy atom. The van der Waals surface area contributed by atoms with Gasteiger partial charge in [0.2, 0.25) is 0 Å². The number of rotatable bonds is 2. The fourth-order valence-corrected chi connectivity index (χ4v) is 3.61. The number of hydrogen-bond acceptors (Lipinski definition) is 1. The van der Waals surface area contributed by atoms with E-state index in [9.17, 15) is 0 Å². The zero-order valence-electron chi connectivity index (χ0n) is 12.4. The minimum atomic E-state index is -1.17. The van der Waals surface area contributed by atoms with Gasteiger partial charge >= 0.3 is 0 Å². The summed E-state index contributed by atoms with van der Waals surface area (Å²) in [6.07, 6.45) is 6.59. The van der Waals surface area contributed by atoms with Crippen molar-refractivity contribution in [3.63, 3.8) is 0 Å². The van der Waals surface area contributed by atoms with E-state index < -0.39 is 8.07 Å². The Kier molecular flexibility index (Phi) is 4.18. The summed E-state index contributed by atoms with van der Waals surface area (Å²) >= 11 is 0. The van der Waals surface area contributed by atoms with Crippen LogP contribution in [0.2, 0.25) is 19.6 Å². The summed E-state index contributed by atoms with van der Waals surface area (Å²) in [7, 11) is -1.17. The molecule has 96 valence electrons. The zero-order valence-corrected chi connectivity index (χ0v) is 13.4. The fraction of sp³-hybridized carbons (Fsp3) is 0.667. The van der Waals surface area contributed by atoms with Crippen molar-refractivity contribution in [2.45, 2.75) is 53.4 Å². The van der Waals surface area contributed by atoms with Gasteiger partial charge in [-0.3, -0.25) is 4.99 Å². The molecule has 0 unspecified atom stereocenters. The minimum Gasteiger partial charge on any atom is -0.288 e. The number of hydrogen-bond donors (Lipinski definition) is 0. The molecule has 0 spiro atoms. The fourth-order valence-electron chi connectivity index (χ4n) is 2.35. The van der Waals surface area contributed by atoms with Crippen LogP contribution < -0.4 is 0 Å². The first-order chi connectivity index (χ1) is 7.65. The van der Waals surface area contributed by atoms with Gasteiger partial charge in [-0.25, -0.2) is 0 Å². The molecule has 0 aromatic heterocycles. The predicted octanol–water partition coefficient (Wildman–Crippen LogP) is 4.48. The molecular weight excluding hydrogens is 222 g/mol. The van der Waals surface area contributed by atoms with Crippen molar-refractivity contribution in [1.29, 1.82) is 0 Å². The van der Waals surface area contributed by atoms with E-state index in [2.05, 4.69) is 71.4 Å². The Balaban J connectivity index is 3.06. The SMILES string of the molecule is C/C=C/[C@H]1/C(=C\[Si](C)(C)C)C=N[C@@H]1C(C)(C)C. The van der Waals surface area contributed by atoms with Crippen molar-refractivity contribution >= 4 is 14.3 Å². The average Bonchev–Trinajstić information content (AvgIpc) is 2.45. The van der Waals surface area contributed by atoms with Crippen LogP contribution in [0.5, 0.6) is 0 Å². The van der Waals surface area contributed by atoms with Gasteiger partial charge in [-0.2, -0.15) is 0 Å². The van der Waals surface area contributed by atoms with Crippen LogP contribution in [-0.4, -0.2) is 20.3 Å². The van der Waals surface area contributed by atoms with Crippen molar-refractivity contribution in [2.75, 3.05) is 0 Å². The van der Waals surface area contributed by atoms with Crippen LogP contribution in [0.15, 0.2) is 28.4 Å². The van der Waals surface area contributed by atoms with Gasteiger partial charge in [-0.1, -0.05) is 58.3 Å². The van der Waals surface area contributed by atoms with E-state index >= 15 is 0 Å². The van der Waals surface area contributed by atoms with Crippen molar-refractivity contribution in [2.24, 2.45) is 16.3 Å². The first kappa shape index (κ1) is 14.4. The van der Waals surface area contributed by atoms with Gasteiger partial charge in [-0.15, -0.1) is 0 Å². The third-order valence-electron chi connectivity index (χ3n) is 3.00. The molecule has 1 rings (SSSR count). The monoisotopic (exact) mass is 249 g/mol. The smallest absolute Gasteiger partial charge is 0.0691 e. The average molecular weight is 249 g/mol. The Hall–Kier alpha value is -0.633. The second-order valence-electron chi connectivity index (χ2n) is 7.15. The van der Waals surface area contributed by atoms with Crippen LogP contribution in [-0.2, 0) is 0 Å². The summed E-state index contributed by atoms with van der Waals surface area (Å²) in [6, 6.07) is 0.390. The topological polar surface area (TPSA) is 12.4 Å². The van der Waals surface area contributed by atoms with Crippen LogP contribution >= 0.6 is 0 Å². The molecule has 1 aliphatic heterocycles. The molecule has 1 aliphatic rings. The molecule has 0 N–H and O–H groups in total. The third kappa shape index (κ3) is 3.95. The molecule has 1 nitrogen and oxygen atoms in total. The minimum absolute atomic E-state index is 0.232. The summed E-state index contributed by atoms with van der Waals surface area (Å²) in [6.45, 7) is 16.1. The molecule has 0 amide bonds. The number of aliphatic imine (C=N–C) groups is 1. The zero-order chi connectivity index (χ0) is 13.3. The van der Waals surface area contributed by atoms with Crippen molar-refractivity contribution in [3.8, 4) is 0 Å². The largest absolute Gasteiger partial charge is 0.288 e. The lowest BCUT2D eigenvalue weighted by molar-refractivity contribution is 0.298. The molecule has 0 aliphatic carbocycles. The lowest BCUT2D eigenvalue weighted by Crippen LogP contribution is -2.30. The van der Waals surface area contributed by atoms with Crippen molar-refractivity contribution in [1.82, 2.24) is 0 Å². The van der Waals surface area contributed by atoms with Crippen molar-refractivity contribution < 1.29 is 0 Å². The van der Waals surface area contributed by atoms with Gasteiger partial charge in [0.1, 0.15) is 0 Å². The molecule has 0 aromatic rings. The van der Waals surface area contributed by atoms with Crippen molar-refractivity contribution in [3.05, 3.63) is 23.4 Å². The maximum atomic E-state index is 4.75. The lowest BCUT2D eigenvalue weighted by Gasteiger charge is -2.29. The number of allylic oxidation sites excluding steroid dienone is 1. The van der Waals surface area contributed by atoms with E-state index in [0.29, 0.717) is 12.0 Å². The molecule has 1 heterocycles. The Bertz CT molecular complexity index is 350. The van der Waals surface area contributed by atoms with Crippen LogP contribution in [0, 0.1) is 11.3 Å². The van der Waals surface area contributed by atoms with Crippen LogP contribution in [0.25, 0.3) is 0 Å². The standard InChI is InChI=1S/C15H27NSi/c1-8-9-13-12(11-17(5,6)7)10-16-14(13)15(2,3)4/h8-11,13-14H,1-7H3/b9-8+,12-11-/t13-,14-/m0/s1. The normalized spacial score (nSPS) is 28.5. The van der Waals surface area contributed by atoms with Gasteiger partial charge in [-0.05, 0) is 17.9 Å². The van der Waals surface area contributed by atoms with Gasteiger partial charge in [0, 0.05) is 12.1 Å². The summed E-state index contributed by atoms with van der Waals surface area (Å²) in [5, 5.41) is 0. The predicted molar refractivity (Wildman–Crippen MR) is 81.5 cm³/mol. The molecular formula is C15H27NSi. The molecule has 2 heteroatoms. The summed E-state index contributed by atoms with van der Waals surface area (Å²) in [5.41, 5.74) is 4.16. The highest BCUT2D eigenvalue weighted by Gasteiger charge is 2.35. The maximum absolute atomic E-state index is 4.75. The van der Waals surface area contributed by atoms with Gasteiger partial charge in [0.05, 0.1) is 14.1 Å². The second kappa shape index (κ2) is 4.93. The van der Waals surface area contributed by atoms with E-state index in [1.54, 1.807) is 0 Å². The van der Waals surface area contributed by atoms with E-state index in [4.69, 9.17) is 4.99 Å². The van der Waals surface area contributed by atoms with Crippen LogP contribution in [0.4, 0.5) is 0 Å². The highest BCUT2D eigenvalue weighted by atomic mass is 28.3. The quantitative estimate of drug-likeness (QED) is 0.505. The van der Waals surface area contributed by atoms with E-state index in [1.807, 2.05) is 0 Å². The molecule has 0 aromatic carbocycles. The molecule has 0 bridgehead atoms. The van der Waals surface area contributed by atoms with Gasteiger partial charge in [0.25, 0.3) is 0 Å². The number of nitrogens with zero attached hydrogens (tertiary/aromatic N) is 1. The van der Waals surface area contributed by atoms with E-state index in [0.717, 1.165) is 0 Å². The molecule has 0 saturated carbocycles. The van der Waals surface area contributed by atoms with E-state index in [-0.39, 0.29) is 5.41 Å². The van der Waals surface area contributed by atoms with Crippen LogP contribution in [0.1, 0.15) is 27.7 Å². The van der Waals surface area contributed by atoms with Gasteiger partial charge in [0.15, 0.2) is 0 Å². The first-order valence-corrected chi connectivity index (χ1v) is 10.1. The highest BCUT2D eigenvalue weighted by molar-refractivity contribution is 6.81. The summed E-state index contributed by atoms with van der Waals surface area (Å²) in [4.78, 5) is 4.75. The molecule has 0 saturated heterocycles. The highest BCUT2D eigenvalue weighted by Crippen LogP contribution is 2.37. The van der Waals surface area contributed by atoms with Gasteiger partial charge < -0.3 is 0 Å². The first-order valence-electron chi connectivity index (χ1n) is 6.54. The summed E-state index contributed by atoms with van der Waals surface area (Å²) in [5.74, 6) is 0.478. The molecule has 0 fully saturated rings.